The second-order valence-corrected chi connectivity index (χ2v) is 4.99. The molecule has 1 atom stereocenters. The summed E-state index contributed by atoms with van der Waals surface area (Å²) in [6, 6.07) is 3.81. The number of rotatable bonds is 2. The molecule has 14 heavy (non-hydrogen) atoms. The second kappa shape index (κ2) is 4.29. The summed E-state index contributed by atoms with van der Waals surface area (Å²) >= 11 is -1.04. The van der Waals surface area contributed by atoms with Crippen LogP contribution in [-0.4, -0.2) is 26.9 Å². The van der Waals surface area contributed by atoms with Gasteiger partial charge in [0.05, 0.1) is 0 Å². The fourth-order valence-electron chi connectivity index (χ4n) is 1.54. The predicted molar refractivity (Wildman–Crippen MR) is 56.2 cm³/mol. The van der Waals surface area contributed by atoms with Crippen LogP contribution in [0.3, 0.4) is 0 Å². The lowest BCUT2D eigenvalue weighted by Gasteiger charge is -2.17. The van der Waals surface area contributed by atoms with Crippen molar-refractivity contribution in [3.8, 4) is 0 Å². The van der Waals surface area contributed by atoms with Crippen LogP contribution >= 0.6 is 0 Å². The zero-order valence-electron chi connectivity index (χ0n) is 8.27. The molecule has 0 saturated carbocycles. The quantitative estimate of drug-likeness (QED) is 0.695. The van der Waals surface area contributed by atoms with Crippen molar-refractivity contribution in [2.24, 2.45) is 0 Å². The van der Waals surface area contributed by atoms with E-state index in [0.29, 0.717) is 5.03 Å². The van der Waals surface area contributed by atoms with Crippen LogP contribution in [0.5, 0.6) is 0 Å². The lowest BCUT2D eigenvalue weighted by Crippen LogP contribution is -2.28. The van der Waals surface area contributed by atoms with Crippen LogP contribution < -0.4 is 0 Å². The van der Waals surface area contributed by atoms with Crippen LogP contribution in [-0.2, 0) is 11.4 Å². The third-order valence-corrected chi connectivity index (χ3v) is 3.80. The van der Waals surface area contributed by atoms with Crippen LogP contribution in [0.15, 0.2) is 23.4 Å². The highest BCUT2D eigenvalue weighted by molar-refractivity contribution is 7.89. The molecule has 0 N–H and O–H groups in total. The number of hydrogen-bond donors (Lipinski definition) is 0. The van der Waals surface area contributed by atoms with Crippen LogP contribution in [0.2, 0.25) is 0 Å². The molecule has 76 valence electrons. The van der Waals surface area contributed by atoms with Gasteiger partial charge in [-0.1, -0.05) is 6.07 Å². The van der Waals surface area contributed by atoms with E-state index in [9.17, 15) is 4.55 Å². The number of pyridine rings is 1. The Hall–Kier alpha value is -0.580. The van der Waals surface area contributed by atoms with E-state index in [1.807, 2.05) is 23.4 Å². The van der Waals surface area contributed by atoms with Gasteiger partial charge in [0.15, 0.2) is 0 Å². The van der Waals surface area contributed by atoms with Gasteiger partial charge in [-0.3, -0.25) is 0 Å². The largest absolute Gasteiger partial charge is 0.592 e. The van der Waals surface area contributed by atoms with E-state index in [1.165, 1.54) is 0 Å². The zero-order valence-corrected chi connectivity index (χ0v) is 9.09. The molecule has 2 heterocycles. The molecule has 2 rings (SSSR count). The smallest absolute Gasteiger partial charge is 0.265 e. The van der Waals surface area contributed by atoms with Gasteiger partial charge in [-0.25, -0.2) is 4.98 Å². The van der Waals surface area contributed by atoms with E-state index in [4.69, 9.17) is 0 Å². The Balaban J connectivity index is 2.09. The van der Waals surface area contributed by atoms with E-state index in [-0.39, 0.29) is 0 Å². The van der Waals surface area contributed by atoms with Gasteiger partial charge >= 0.3 is 0 Å². The molecule has 1 aromatic heterocycles. The first-order valence-corrected chi connectivity index (χ1v) is 5.97. The maximum atomic E-state index is 11.9. The van der Waals surface area contributed by atoms with Gasteiger partial charge in [0, 0.05) is 25.4 Å². The highest BCUT2D eigenvalue weighted by Crippen LogP contribution is 2.18. The van der Waals surface area contributed by atoms with E-state index >= 15 is 0 Å². The first-order chi connectivity index (χ1) is 6.77. The molecule has 0 bridgehead atoms. The minimum atomic E-state index is -1.04. The number of aryl methyl sites for hydroxylation is 1. The molecule has 4 heteroatoms. The van der Waals surface area contributed by atoms with Gasteiger partial charge in [-0.15, -0.1) is 4.31 Å². The molecule has 0 radical (unpaired) electrons. The van der Waals surface area contributed by atoms with Gasteiger partial charge < -0.3 is 4.55 Å². The summed E-state index contributed by atoms with van der Waals surface area (Å²) in [5, 5.41) is 0.678. The molecule has 0 spiro atoms. The minimum absolute atomic E-state index is 0.678. The Morgan fingerprint density at radius 2 is 2.07 bits per heavy atom. The monoisotopic (exact) mass is 210 g/mol. The van der Waals surface area contributed by atoms with Crippen molar-refractivity contribution in [1.29, 1.82) is 0 Å². The number of aromatic nitrogens is 1. The predicted octanol–water partition coefficient (Wildman–Crippen LogP) is 1.51. The third kappa shape index (κ3) is 2.08. The summed E-state index contributed by atoms with van der Waals surface area (Å²) in [7, 11) is 0. The van der Waals surface area contributed by atoms with Crippen molar-refractivity contribution in [3.63, 3.8) is 0 Å². The fourth-order valence-corrected chi connectivity index (χ4v) is 2.73. The molecule has 1 fully saturated rings. The molecule has 1 saturated heterocycles. The highest BCUT2D eigenvalue weighted by atomic mass is 32.2. The summed E-state index contributed by atoms with van der Waals surface area (Å²) in [6.07, 6.45) is 4.07. The average molecular weight is 210 g/mol. The van der Waals surface area contributed by atoms with Crippen LogP contribution in [0.1, 0.15) is 18.4 Å². The molecule has 1 aromatic rings. The van der Waals surface area contributed by atoms with Crippen molar-refractivity contribution in [2.45, 2.75) is 24.8 Å². The van der Waals surface area contributed by atoms with Crippen LogP contribution in [0, 0.1) is 6.92 Å². The molecule has 1 aliphatic heterocycles. The zero-order chi connectivity index (χ0) is 9.97. The maximum absolute atomic E-state index is 11.9. The molecule has 0 aliphatic carbocycles. The van der Waals surface area contributed by atoms with Gasteiger partial charge in [-0.05, 0) is 25.3 Å². The molecule has 3 nitrogen and oxygen atoms in total. The summed E-state index contributed by atoms with van der Waals surface area (Å²) in [4.78, 5) is 4.18. The minimum Gasteiger partial charge on any atom is -0.592 e. The van der Waals surface area contributed by atoms with Crippen molar-refractivity contribution in [1.82, 2.24) is 9.29 Å². The second-order valence-electron chi connectivity index (χ2n) is 3.56. The van der Waals surface area contributed by atoms with Gasteiger partial charge in [0.1, 0.15) is 11.4 Å². The first kappa shape index (κ1) is 9.96. The van der Waals surface area contributed by atoms with Crippen LogP contribution in [0.4, 0.5) is 0 Å². The number of hydrogen-bond acceptors (Lipinski definition) is 3. The van der Waals surface area contributed by atoms with E-state index in [0.717, 1.165) is 31.5 Å². The summed E-state index contributed by atoms with van der Waals surface area (Å²) in [5.74, 6) is 0. The fraction of sp³-hybridized carbons (Fsp3) is 0.500. The van der Waals surface area contributed by atoms with E-state index in [2.05, 4.69) is 4.98 Å². The van der Waals surface area contributed by atoms with Crippen LogP contribution in [0.25, 0.3) is 0 Å². The summed E-state index contributed by atoms with van der Waals surface area (Å²) < 4.78 is 13.9. The van der Waals surface area contributed by atoms with E-state index < -0.39 is 11.4 Å². The van der Waals surface area contributed by atoms with Crippen molar-refractivity contribution >= 4 is 11.4 Å². The number of nitrogens with zero attached hydrogens (tertiary/aromatic N) is 2. The Labute approximate surface area is 87.5 Å². The first-order valence-electron chi connectivity index (χ1n) is 4.87. The SMILES string of the molecule is Cc1ccc([S+]([O-])N2CCCC2)nc1. The van der Waals surface area contributed by atoms with Crippen molar-refractivity contribution in [3.05, 3.63) is 23.9 Å². The lowest BCUT2D eigenvalue weighted by atomic mass is 10.3. The van der Waals surface area contributed by atoms with Gasteiger partial charge in [-0.2, -0.15) is 0 Å². The Bertz CT molecular complexity index is 295. The summed E-state index contributed by atoms with van der Waals surface area (Å²) in [6.45, 7) is 3.85. The summed E-state index contributed by atoms with van der Waals surface area (Å²) in [5.41, 5.74) is 1.10. The normalized spacial score (nSPS) is 19.9. The Morgan fingerprint density at radius 1 is 1.36 bits per heavy atom. The van der Waals surface area contributed by atoms with Crippen molar-refractivity contribution < 1.29 is 4.55 Å². The average Bonchev–Trinajstić information content (AvgIpc) is 2.71. The van der Waals surface area contributed by atoms with Gasteiger partial charge in [0.2, 0.25) is 0 Å². The molecule has 1 unspecified atom stereocenters. The molecule has 0 amide bonds. The Kier molecular flexibility index (Phi) is 3.05. The lowest BCUT2D eigenvalue weighted by molar-refractivity contribution is 0.474. The highest BCUT2D eigenvalue weighted by Gasteiger charge is 2.26. The Morgan fingerprint density at radius 3 is 2.64 bits per heavy atom. The molecule has 0 aromatic carbocycles. The maximum Gasteiger partial charge on any atom is 0.265 e. The van der Waals surface area contributed by atoms with Gasteiger partial charge in [0.25, 0.3) is 5.03 Å². The molecule has 1 aliphatic rings. The molecular formula is C10H14N2OS. The third-order valence-electron chi connectivity index (χ3n) is 2.36. The van der Waals surface area contributed by atoms with Crippen molar-refractivity contribution in [2.75, 3.05) is 13.1 Å². The molecular weight excluding hydrogens is 196 g/mol. The topological polar surface area (TPSA) is 39.2 Å². The standard InChI is InChI=1S/C10H14N2OS/c1-9-4-5-10(11-8-9)14(13)12-6-2-3-7-12/h4-5,8H,2-3,6-7H2,1H3. The van der Waals surface area contributed by atoms with E-state index in [1.54, 1.807) is 6.20 Å².